The van der Waals surface area contributed by atoms with E-state index in [9.17, 15) is 19.2 Å². The molecule has 47 heavy (non-hydrogen) atoms. The second kappa shape index (κ2) is 22.2. The highest BCUT2D eigenvalue weighted by molar-refractivity contribution is 5.94. The van der Waals surface area contributed by atoms with Gasteiger partial charge in [0.05, 0.1) is 17.7 Å². The van der Waals surface area contributed by atoms with Gasteiger partial charge < -0.3 is 14.2 Å². The van der Waals surface area contributed by atoms with Crippen LogP contribution in [-0.4, -0.2) is 30.8 Å². The second-order valence-corrected chi connectivity index (χ2v) is 13.1. The maximum atomic E-state index is 13.9. The number of halogens is 1. The summed E-state index contributed by atoms with van der Waals surface area (Å²) in [5, 5.41) is 9.67. The minimum absolute atomic E-state index is 0.174. The molecule has 0 amide bonds. The van der Waals surface area contributed by atoms with Crippen LogP contribution in [0.2, 0.25) is 0 Å². The van der Waals surface area contributed by atoms with Crippen molar-refractivity contribution in [3.05, 3.63) is 59.2 Å². The number of nitrogens with zero attached hydrogens (tertiary/aromatic N) is 1. The van der Waals surface area contributed by atoms with Crippen molar-refractivity contribution in [2.45, 2.75) is 148 Å². The number of ether oxygens (including phenoxy) is 3. The van der Waals surface area contributed by atoms with Crippen molar-refractivity contribution < 1.29 is 28.2 Å². The van der Waals surface area contributed by atoms with Crippen LogP contribution in [0.15, 0.2) is 42.5 Å². The average molecular weight is 650 g/mol. The van der Waals surface area contributed by atoms with Crippen LogP contribution in [0.4, 0.5) is 4.39 Å². The Kier molecular flexibility index (Phi) is 18.0. The summed E-state index contributed by atoms with van der Waals surface area (Å²) in [5.41, 5.74) is 1.60. The van der Waals surface area contributed by atoms with E-state index >= 15 is 0 Å². The fourth-order valence-electron chi connectivity index (χ4n) is 6.20. The van der Waals surface area contributed by atoms with E-state index in [1.54, 1.807) is 30.3 Å². The molecule has 0 spiro atoms. The van der Waals surface area contributed by atoms with Gasteiger partial charge in [-0.3, -0.25) is 0 Å². The molecule has 1 fully saturated rings. The van der Waals surface area contributed by atoms with Crippen LogP contribution in [0.3, 0.4) is 0 Å². The Balaban J connectivity index is 1.34. The van der Waals surface area contributed by atoms with E-state index in [-0.39, 0.29) is 23.7 Å². The third-order valence-corrected chi connectivity index (χ3v) is 9.22. The molecule has 2 aromatic rings. The molecule has 1 atom stereocenters. The summed E-state index contributed by atoms with van der Waals surface area (Å²) in [6.45, 7) is 4.81. The lowest BCUT2D eigenvalue weighted by molar-refractivity contribution is -0.157. The zero-order chi connectivity index (χ0) is 33.7. The lowest BCUT2D eigenvalue weighted by Crippen LogP contribution is -2.29. The van der Waals surface area contributed by atoms with E-state index in [1.165, 1.54) is 51.4 Å². The molecular formula is C40H56FNO5. The van der Waals surface area contributed by atoms with Crippen LogP contribution >= 0.6 is 0 Å². The average Bonchev–Trinajstić information content (AvgIpc) is 3.09. The molecule has 0 heterocycles. The Hall–Kier alpha value is -3.40. The van der Waals surface area contributed by atoms with Crippen molar-refractivity contribution in [2.24, 2.45) is 5.92 Å². The Labute approximate surface area is 282 Å². The van der Waals surface area contributed by atoms with Gasteiger partial charge in [0.25, 0.3) is 0 Å². The normalized spacial score (nSPS) is 16.6. The van der Waals surface area contributed by atoms with E-state index in [2.05, 4.69) is 13.0 Å². The summed E-state index contributed by atoms with van der Waals surface area (Å²) >= 11 is 0. The maximum Gasteiger partial charge on any atom is 0.344 e. The number of aryl methyl sites for hydroxylation is 1. The number of hydrogen-bond acceptors (Lipinski definition) is 6. The van der Waals surface area contributed by atoms with Gasteiger partial charge in [0.2, 0.25) is 0 Å². The zero-order valence-electron chi connectivity index (χ0n) is 28.8. The van der Waals surface area contributed by atoms with Crippen LogP contribution in [0.1, 0.15) is 151 Å². The first-order valence-electron chi connectivity index (χ1n) is 18.3. The molecule has 1 saturated carbocycles. The summed E-state index contributed by atoms with van der Waals surface area (Å²) in [5.74, 6) is 0.278. The number of unbranched alkanes of at least 4 members (excludes halogenated alkanes) is 10. The molecule has 0 unspecified atom stereocenters. The molecule has 7 heteroatoms. The fourth-order valence-corrected chi connectivity index (χ4v) is 6.20. The van der Waals surface area contributed by atoms with Crippen molar-refractivity contribution in [1.29, 1.82) is 5.26 Å². The number of rotatable bonds is 22. The lowest BCUT2D eigenvalue weighted by atomic mass is 9.83. The molecular weight excluding hydrogens is 593 g/mol. The quantitative estimate of drug-likeness (QED) is 0.0717. The Morgan fingerprint density at radius 3 is 2.09 bits per heavy atom. The summed E-state index contributed by atoms with van der Waals surface area (Å²) in [7, 11) is 0. The van der Waals surface area contributed by atoms with Crippen LogP contribution < -0.4 is 9.47 Å². The predicted octanol–water partition coefficient (Wildman–Crippen LogP) is 10.6. The van der Waals surface area contributed by atoms with E-state index in [0.29, 0.717) is 30.4 Å². The summed E-state index contributed by atoms with van der Waals surface area (Å²) in [6, 6.07) is 14.5. The first kappa shape index (κ1) is 38.1. The van der Waals surface area contributed by atoms with Crippen LogP contribution in [0.25, 0.3) is 0 Å². The highest BCUT2D eigenvalue weighted by Crippen LogP contribution is 2.30. The third-order valence-electron chi connectivity index (χ3n) is 9.22. The Morgan fingerprint density at radius 1 is 0.830 bits per heavy atom. The zero-order valence-corrected chi connectivity index (χ0v) is 28.8. The van der Waals surface area contributed by atoms with Gasteiger partial charge in [-0.25, -0.2) is 14.0 Å². The molecule has 1 aliphatic carbocycles. The number of nitriles is 1. The topological polar surface area (TPSA) is 85.6 Å². The largest absolute Gasteiger partial charge is 0.494 e. The third kappa shape index (κ3) is 14.5. The highest BCUT2D eigenvalue weighted by atomic mass is 19.1. The van der Waals surface area contributed by atoms with Crippen molar-refractivity contribution in [3.8, 4) is 17.6 Å². The summed E-state index contributed by atoms with van der Waals surface area (Å²) < 4.78 is 30.8. The molecule has 0 bridgehead atoms. The van der Waals surface area contributed by atoms with E-state index in [0.717, 1.165) is 63.4 Å². The molecule has 6 nitrogen and oxygen atoms in total. The van der Waals surface area contributed by atoms with Crippen molar-refractivity contribution in [1.82, 2.24) is 0 Å². The maximum absolute atomic E-state index is 13.9. The van der Waals surface area contributed by atoms with Crippen molar-refractivity contribution >= 4 is 11.9 Å². The van der Waals surface area contributed by atoms with Gasteiger partial charge >= 0.3 is 11.9 Å². The minimum atomic E-state index is -1.51. The van der Waals surface area contributed by atoms with Gasteiger partial charge in [0.15, 0.2) is 6.17 Å². The minimum Gasteiger partial charge on any atom is -0.494 e. The van der Waals surface area contributed by atoms with E-state index in [4.69, 9.17) is 14.2 Å². The van der Waals surface area contributed by atoms with Crippen LogP contribution in [0.5, 0.6) is 11.5 Å². The van der Waals surface area contributed by atoms with Gasteiger partial charge in [-0.2, -0.15) is 5.26 Å². The first-order valence-corrected chi connectivity index (χ1v) is 18.3. The molecule has 2 aromatic carbocycles. The smallest absolute Gasteiger partial charge is 0.344 e. The molecule has 0 saturated heterocycles. The van der Waals surface area contributed by atoms with Gasteiger partial charge in [0, 0.05) is 0 Å². The number of alkyl halides is 1. The first-order chi connectivity index (χ1) is 22.9. The predicted molar refractivity (Wildman–Crippen MR) is 184 cm³/mol. The number of carbonyl (C=O) groups is 2. The molecule has 0 aliphatic heterocycles. The molecule has 258 valence electrons. The monoisotopic (exact) mass is 649 g/mol. The van der Waals surface area contributed by atoms with E-state index < -0.39 is 18.1 Å². The van der Waals surface area contributed by atoms with Gasteiger partial charge in [0.1, 0.15) is 23.7 Å². The molecule has 0 radical (unpaired) electrons. The Bertz CT molecular complexity index is 1230. The SMILES string of the molecule is CCCCCCCCCCCCOc1ccc(C(=O)Oc2ccc(CCC3CCC(OC(=O)[C@H](F)CCCC)CC3)cc2)c(C#N)c1. The summed E-state index contributed by atoms with van der Waals surface area (Å²) in [4.78, 5) is 24.9. The number of carbonyl (C=O) groups excluding carboxylic acids is 2. The van der Waals surface area contributed by atoms with Crippen LogP contribution in [-0.2, 0) is 16.0 Å². The lowest BCUT2D eigenvalue weighted by Gasteiger charge is -2.28. The van der Waals surface area contributed by atoms with Gasteiger partial charge in [-0.1, -0.05) is 96.6 Å². The highest BCUT2D eigenvalue weighted by Gasteiger charge is 2.27. The van der Waals surface area contributed by atoms with Gasteiger partial charge in [-0.05, 0) is 93.2 Å². The molecule has 3 rings (SSSR count). The van der Waals surface area contributed by atoms with Crippen molar-refractivity contribution in [2.75, 3.05) is 6.61 Å². The second-order valence-electron chi connectivity index (χ2n) is 13.1. The van der Waals surface area contributed by atoms with Gasteiger partial charge in [-0.15, -0.1) is 0 Å². The summed E-state index contributed by atoms with van der Waals surface area (Å²) in [6.07, 6.45) is 18.1. The molecule has 0 aromatic heterocycles. The van der Waals surface area contributed by atoms with E-state index in [1.807, 2.05) is 19.1 Å². The van der Waals surface area contributed by atoms with Crippen molar-refractivity contribution in [3.63, 3.8) is 0 Å². The number of benzene rings is 2. The van der Waals surface area contributed by atoms with Crippen LogP contribution in [0, 0.1) is 17.2 Å². The number of hydrogen-bond donors (Lipinski definition) is 0. The fraction of sp³-hybridized carbons (Fsp3) is 0.625. The Morgan fingerprint density at radius 2 is 1.45 bits per heavy atom. The number of esters is 2. The molecule has 1 aliphatic rings. The standard InChI is InChI=1S/C40H56FNO5/c1-3-5-7-8-9-10-11-12-13-14-28-45-36-26-27-37(33(29-36)30-42)39(43)46-34-22-18-31(19-23-34)16-17-32-20-24-35(25-21-32)47-40(44)38(41)15-6-4-2/h18-19,22-23,26-27,29,32,35,38H,3-17,20-21,24-25,28H2,1-2H3/t32?,35?,38-/m1/s1. The molecule has 0 N–H and O–H groups in total.